The van der Waals surface area contributed by atoms with Gasteiger partial charge in [-0.2, -0.15) is 0 Å². The largest absolute Gasteiger partial charge is 0.447 e. The van der Waals surface area contributed by atoms with Gasteiger partial charge in [-0.15, -0.1) is 0 Å². The summed E-state index contributed by atoms with van der Waals surface area (Å²) in [4.78, 5) is 25.0. The van der Waals surface area contributed by atoms with Crippen LogP contribution in [0.5, 0.6) is 0 Å². The highest BCUT2D eigenvalue weighted by Gasteiger charge is 2.28. The Balaban J connectivity index is 1.96. The van der Waals surface area contributed by atoms with Crippen LogP contribution in [-0.2, 0) is 9.53 Å². The minimum atomic E-state index is -0.620. The molecule has 2 amide bonds. The van der Waals surface area contributed by atoms with Gasteiger partial charge in [-0.05, 0) is 38.1 Å². The summed E-state index contributed by atoms with van der Waals surface area (Å²) in [6, 6.07) is 7.01. The number of benzene rings is 1. The van der Waals surface area contributed by atoms with E-state index < -0.39 is 12.1 Å². The fourth-order valence-corrected chi connectivity index (χ4v) is 2.10. The first-order chi connectivity index (χ1) is 9.63. The first-order valence-corrected chi connectivity index (χ1v) is 6.73. The summed E-state index contributed by atoms with van der Waals surface area (Å²) < 4.78 is 4.69. The van der Waals surface area contributed by atoms with Crippen molar-refractivity contribution in [1.29, 1.82) is 0 Å². The van der Waals surface area contributed by atoms with Crippen molar-refractivity contribution in [2.24, 2.45) is 0 Å². The van der Waals surface area contributed by atoms with Crippen molar-refractivity contribution in [3.05, 3.63) is 24.3 Å². The molecule has 2 rings (SSSR count). The summed E-state index contributed by atoms with van der Waals surface area (Å²) >= 11 is 0. The van der Waals surface area contributed by atoms with E-state index in [0.29, 0.717) is 5.69 Å². The fraction of sp³-hybridized carbons (Fsp3) is 0.429. The van der Waals surface area contributed by atoms with Crippen molar-refractivity contribution >= 4 is 23.4 Å². The minimum Gasteiger partial charge on any atom is -0.447 e. The molecule has 0 saturated carbocycles. The quantitative estimate of drug-likeness (QED) is 0.857. The lowest BCUT2D eigenvalue weighted by atomic mass is 10.2. The van der Waals surface area contributed by atoms with Crippen molar-refractivity contribution < 1.29 is 14.3 Å². The van der Waals surface area contributed by atoms with Gasteiger partial charge < -0.3 is 20.3 Å². The molecule has 1 heterocycles. The maximum Gasteiger partial charge on any atom is 0.407 e. The van der Waals surface area contributed by atoms with Gasteiger partial charge in [0.05, 0.1) is 0 Å². The van der Waals surface area contributed by atoms with Crippen molar-refractivity contribution in [2.75, 3.05) is 29.9 Å². The number of carbonyl (C=O) groups is 2. The lowest BCUT2D eigenvalue weighted by Crippen LogP contribution is -2.38. The maximum absolute atomic E-state index is 11.9. The van der Waals surface area contributed by atoms with E-state index in [1.807, 2.05) is 24.3 Å². The van der Waals surface area contributed by atoms with Gasteiger partial charge in [0.2, 0.25) is 0 Å². The molecule has 108 valence electrons. The van der Waals surface area contributed by atoms with Crippen LogP contribution in [0.3, 0.4) is 0 Å². The highest BCUT2D eigenvalue weighted by atomic mass is 16.6. The second-order valence-corrected chi connectivity index (χ2v) is 4.50. The molecule has 2 N–H and O–H groups in total. The number of carbonyl (C=O) groups excluding carboxylic acids is 2. The van der Waals surface area contributed by atoms with E-state index in [0.717, 1.165) is 18.8 Å². The van der Waals surface area contributed by atoms with Crippen molar-refractivity contribution in [2.45, 2.75) is 19.9 Å². The number of nitrogens with zero attached hydrogens (tertiary/aromatic N) is 1. The number of hydrogen-bond acceptors (Lipinski definition) is 4. The number of ether oxygens (including phenoxy) is 1. The first kappa shape index (κ1) is 14.2. The molecule has 1 aromatic carbocycles. The number of anilines is 2. The number of rotatable bonds is 5. The third-order valence-corrected chi connectivity index (χ3v) is 3.25. The van der Waals surface area contributed by atoms with E-state index in [9.17, 15) is 9.59 Å². The Hall–Kier alpha value is -2.24. The number of alkyl carbamates (subject to hydrolysis) is 1. The second-order valence-electron chi connectivity index (χ2n) is 4.50. The van der Waals surface area contributed by atoms with Crippen LogP contribution in [0.25, 0.3) is 0 Å². The highest BCUT2D eigenvalue weighted by Crippen LogP contribution is 2.18. The van der Waals surface area contributed by atoms with Gasteiger partial charge in [-0.3, -0.25) is 4.79 Å². The van der Waals surface area contributed by atoms with Crippen LogP contribution < -0.4 is 15.5 Å². The van der Waals surface area contributed by atoms with Gasteiger partial charge in [-0.1, -0.05) is 0 Å². The standard InChI is InChI=1S/C14H19N3O3/c1-3-17(4-2)11-7-5-10(6-8-11)15-13(18)12-9-20-14(19)16-12/h5-8,12H,3-4,9H2,1-2H3,(H,15,18)(H,16,19). The van der Waals surface area contributed by atoms with Crippen molar-refractivity contribution in [3.8, 4) is 0 Å². The van der Waals surface area contributed by atoms with Crippen LogP contribution in [-0.4, -0.2) is 37.7 Å². The molecule has 6 nitrogen and oxygen atoms in total. The van der Waals surface area contributed by atoms with E-state index in [1.165, 1.54) is 0 Å². The molecule has 0 spiro atoms. The molecule has 1 aliphatic heterocycles. The van der Waals surface area contributed by atoms with Crippen LogP contribution in [0, 0.1) is 0 Å². The van der Waals surface area contributed by atoms with Crippen LogP contribution >= 0.6 is 0 Å². The van der Waals surface area contributed by atoms with Gasteiger partial charge in [0.25, 0.3) is 5.91 Å². The molecule has 1 saturated heterocycles. The van der Waals surface area contributed by atoms with Crippen molar-refractivity contribution in [1.82, 2.24) is 5.32 Å². The lowest BCUT2D eigenvalue weighted by Gasteiger charge is -2.21. The van der Waals surface area contributed by atoms with E-state index in [4.69, 9.17) is 0 Å². The zero-order chi connectivity index (χ0) is 14.5. The molecule has 0 bridgehead atoms. The molecule has 0 radical (unpaired) electrons. The normalized spacial score (nSPS) is 17.3. The van der Waals surface area contributed by atoms with Crippen LogP contribution in [0.15, 0.2) is 24.3 Å². The molecule has 0 aliphatic carbocycles. The summed E-state index contributed by atoms with van der Waals surface area (Å²) in [6.45, 7) is 6.15. The Labute approximate surface area is 118 Å². The van der Waals surface area contributed by atoms with Crippen molar-refractivity contribution in [3.63, 3.8) is 0 Å². The molecule has 1 unspecified atom stereocenters. The number of nitrogens with one attached hydrogen (secondary N) is 2. The SMILES string of the molecule is CCN(CC)c1ccc(NC(=O)C2COC(=O)N2)cc1. The van der Waals surface area contributed by atoms with Gasteiger partial charge in [0.15, 0.2) is 0 Å². The summed E-state index contributed by atoms with van der Waals surface area (Å²) in [7, 11) is 0. The number of amides is 2. The monoisotopic (exact) mass is 277 g/mol. The summed E-state index contributed by atoms with van der Waals surface area (Å²) in [5, 5.41) is 5.19. The summed E-state index contributed by atoms with van der Waals surface area (Å²) in [5.41, 5.74) is 1.82. The Kier molecular flexibility index (Phi) is 4.45. The van der Waals surface area contributed by atoms with Crippen LogP contribution in [0.1, 0.15) is 13.8 Å². The second kappa shape index (κ2) is 6.27. The van der Waals surface area contributed by atoms with Gasteiger partial charge in [0, 0.05) is 24.5 Å². The molecule has 20 heavy (non-hydrogen) atoms. The summed E-state index contributed by atoms with van der Waals surface area (Å²) in [6.07, 6.45) is -0.554. The van der Waals surface area contributed by atoms with Gasteiger partial charge in [-0.25, -0.2) is 4.79 Å². The Morgan fingerprint density at radius 1 is 1.35 bits per heavy atom. The van der Waals surface area contributed by atoms with Gasteiger partial charge >= 0.3 is 6.09 Å². The maximum atomic E-state index is 11.9. The third-order valence-electron chi connectivity index (χ3n) is 3.25. The molecule has 6 heteroatoms. The Morgan fingerprint density at radius 3 is 2.50 bits per heavy atom. The first-order valence-electron chi connectivity index (χ1n) is 6.73. The van der Waals surface area contributed by atoms with E-state index in [2.05, 4.69) is 34.1 Å². The smallest absolute Gasteiger partial charge is 0.407 e. The zero-order valence-electron chi connectivity index (χ0n) is 11.7. The Bertz CT molecular complexity index is 483. The third kappa shape index (κ3) is 3.20. The van der Waals surface area contributed by atoms with E-state index in [-0.39, 0.29) is 12.5 Å². The summed E-state index contributed by atoms with van der Waals surface area (Å²) in [5.74, 6) is -0.272. The predicted molar refractivity (Wildman–Crippen MR) is 76.9 cm³/mol. The molecular formula is C14H19N3O3. The minimum absolute atomic E-state index is 0.0716. The molecular weight excluding hydrogens is 258 g/mol. The lowest BCUT2D eigenvalue weighted by molar-refractivity contribution is -0.117. The Morgan fingerprint density at radius 2 is 2.00 bits per heavy atom. The van der Waals surface area contributed by atoms with E-state index in [1.54, 1.807) is 0 Å². The van der Waals surface area contributed by atoms with Crippen LogP contribution in [0.4, 0.5) is 16.2 Å². The number of cyclic esters (lactones) is 1. The molecule has 1 fully saturated rings. The topological polar surface area (TPSA) is 70.7 Å². The number of hydrogen-bond donors (Lipinski definition) is 2. The molecule has 1 aliphatic rings. The average Bonchev–Trinajstić information content (AvgIpc) is 2.89. The average molecular weight is 277 g/mol. The van der Waals surface area contributed by atoms with E-state index >= 15 is 0 Å². The molecule has 1 aromatic rings. The zero-order valence-corrected chi connectivity index (χ0v) is 11.7. The van der Waals surface area contributed by atoms with Crippen LogP contribution in [0.2, 0.25) is 0 Å². The predicted octanol–water partition coefficient (Wildman–Crippen LogP) is 1.58. The fourth-order valence-electron chi connectivity index (χ4n) is 2.10. The molecule has 1 atom stereocenters. The molecule has 0 aromatic heterocycles. The van der Waals surface area contributed by atoms with Gasteiger partial charge in [0.1, 0.15) is 12.6 Å². The highest BCUT2D eigenvalue weighted by molar-refractivity contribution is 5.97.